The molecule has 0 bridgehead atoms. The Kier molecular flexibility index (Phi) is 5.06. The maximum Gasteiger partial charge on any atom is 0.351 e. The quantitative estimate of drug-likeness (QED) is 0.494. The van der Waals surface area contributed by atoms with E-state index in [1.807, 2.05) is 26.8 Å². The van der Waals surface area contributed by atoms with Crippen LogP contribution in [0.4, 0.5) is 4.39 Å². The van der Waals surface area contributed by atoms with Gasteiger partial charge in [-0.2, -0.15) is 0 Å². The Morgan fingerprint density at radius 2 is 1.94 bits per heavy atom. The summed E-state index contributed by atoms with van der Waals surface area (Å²) in [5, 5.41) is 0. The van der Waals surface area contributed by atoms with Crippen LogP contribution in [0.2, 0.25) is 0 Å². The fourth-order valence-corrected chi connectivity index (χ4v) is 6.96. The van der Waals surface area contributed by atoms with Crippen LogP contribution in [0, 0.1) is 28.6 Å². The third-order valence-electron chi connectivity index (χ3n) is 8.53. The van der Waals surface area contributed by atoms with Crippen molar-refractivity contribution in [2.45, 2.75) is 65.2 Å². The van der Waals surface area contributed by atoms with Crippen LogP contribution in [0.15, 0.2) is 35.5 Å². The van der Waals surface area contributed by atoms with Crippen molar-refractivity contribution in [3.63, 3.8) is 0 Å². The number of alkyl halides is 1. The average Bonchev–Trinajstić information content (AvgIpc) is 2.96. The molecule has 0 heterocycles. The lowest BCUT2D eigenvalue weighted by Crippen LogP contribution is -2.59. The number of hydrogen-bond acceptors (Lipinski definition) is 5. The standard InChI is InChI=1S/C25H31FO5/c1-6-21(28)31-25(22(29)30-5)14(2)11-18-16-13-20(26)19-12-15(27)7-9-23(19,3)17(16)8-10-24(18,25)4/h7-9,12,14,16,18,20H,6,10-11,13H2,1-5H3/t14-,16-,18+,20+,23-,24+,25+/m1/s1. The van der Waals surface area contributed by atoms with E-state index in [4.69, 9.17) is 9.47 Å². The van der Waals surface area contributed by atoms with Gasteiger partial charge in [-0.15, -0.1) is 0 Å². The highest BCUT2D eigenvalue weighted by Crippen LogP contribution is 2.67. The highest BCUT2D eigenvalue weighted by Gasteiger charge is 2.71. The van der Waals surface area contributed by atoms with Crippen LogP contribution < -0.4 is 0 Å². The molecular weight excluding hydrogens is 399 g/mol. The van der Waals surface area contributed by atoms with Gasteiger partial charge < -0.3 is 9.47 Å². The van der Waals surface area contributed by atoms with Crippen molar-refractivity contribution < 1.29 is 28.2 Å². The highest BCUT2D eigenvalue weighted by atomic mass is 19.1. The van der Waals surface area contributed by atoms with Crippen molar-refractivity contribution >= 4 is 17.7 Å². The van der Waals surface area contributed by atoms with E-state index in [0.29, 0.717) is 18.4 Å². The molecule has 7 atom stereocenters. The summed E-state index contributed by atoms with van der Waals surface area (Å²) in [6.45, 7) is 7.57. The molecule has 168 valence electrons. The van der Waals surface area contributed by atoms with Crippen LogP contribution in [0.1, 0.15) is 53.4 Å². The molecule has 0 spiro atoms. The van der Waals surface area contributed by atoms with Crippen molar-refractivity contribution in [1.29, 1.82) is 0 Å². The topological polar surface area (TPSA) is 69.7 Å². The minimum Gasteiger partial charge on any atom is -0.466 e. The van der Waals surface area contributed by atoms with Crippen LogP contribution in [-0.4, -0.2) is 36.6 Å². The molecule has 6 heteroatoms. The summed E-state index contributed by atoms with van der Waals surface area (Å²) < 4.78 is 26.5. The normalized spacial score (nSPS) is 43.2. The third kappa shape index (κ3) is 2.76. The van der Waals surface area contributed by atoms with Gasteiger partial charge in [0.05, 0.1) is 7.11 Å². The van der Waals surface area contributed by atoms with E-state index >= 15 is 4.39 Å². The Labute approximate surface area is 182 Å². The van der Waals surface area contributed by atoms with Crippen molar-refractivity contribution in [2.24, 2.45) is 28.6 Å². The van der Waals surface area contributed by atoms with Crippen LogP contribution in [0.3, 0.4) is 0 Å². The number of rotatable bonds is 3. The first-order valence-electron chi connectivity index (χ1n) is 11.1. The van der Waals surface area contributed by atoms with Crippen molar-refractivity contribution in [1.82, 2.24) is 0 Å². The van der Waals surface area contributed by atoms with Gasteiger partial charge in [0, 0.05) is 23.2 Å². The first-order valence-corrected chi connectivity index (χ1v) is 11.1. The summed E-state index contributed by atoms with van der Waals surface area (Å²) in [6, 6.07) is 0. The maximum absolute atomic E-state index is 15.4. The first-order chi connectivity index (χ1) is 14.5. The van der Waals surface area contributed by atoms with E-state index in [0.717, 1.165) is 5.57 Å². The minimum atomic E-state index is -1.40. The van der Waals surface area contributed by atoms with Gasteiger partial charge in [0.2, 0.25) is 5.60 Å². The van der Waals surface area contributed by atoms with Crippen LogP contribution in [-0.2, 0) is 23.9 Å². The zero-order valence-corrected chi connectivity index (χ0v) is 18.9. The van der Waals surface area contributed by atoms with Gasteiger partial charge in [-0.25, -0.2) is 9.18 Å². The van der Waals surface area contributed by atoms with Gasteiger partial charge in [-0.1, -0.05) is 38.5 Å². The Balaban J connectivity index is 1.84. The summed E-state index contributed by atoms with van der Waals surface area (Å²) in [5.41, 5.74) is -1.12. The van der Waals surface area contributed by atoms with E-state index in [2.05, 4.69) is 6.08 Å². The number of esters is 2. The Bertz CT molecular complexity index is 932. The van der Waals surface area contributed by atoms with E-state index in [-0.39, 0.29) is 36.4 Å². The van der Waals surface area contributed by atoms with Gasteiger partial charge in [-0.3, -0.25) is 9.59 Å². The molecule has 0 aromatic rings. The fourth-order valence-electron chi connectivity index (χ4n) is 6.96. The number of carbonyl (C=O) groups is 3. The zero-order valence-electron chi connectivity index (χ0n) is 18.9. The summed E-state index contributed by atoms with van der Waals surface area (Å²) >= 11 is 0. The molecule has 0 aromatic heterocycles. The highest BCUT2D eigenvalue weighted by molar-refractivity contribution is 6.01. The molecule has 0 aliphatic heterocycles. The maximum atomic E-state index is 15.4. The summed E-state index contributed by atoms with van der Waals surface area (Å²) in [7, 11) is 1.32. The average molecular weight is 431 g/mol. The third-order valence-corrected chi connectivity index (χ3v) is 8.53. The molecule has 2 saturated carbocycles. The lowest BCUT2D eigenvalue weighted by molar-refractivity contribution is -0.203. The Morgan fingerprint density at radius 3 is 2.58 bits per heavy atom. The molecule has 0 aromatic carbocycles. The lowest BCUT2D eigenvalue weighted by atomic mass is 9.51. The minimum absolute atomic E-state index is 0.0473. The smallest absolute Gasteiger partial charge is 0.351 e. The molecule has 0 radical (unpaired) electrons. The molecule has 0 N–H and O–H groups in total. The monoisotopic (exact) mass is 430 g/mol. The van der Waals surface area contributed by atoms with Crippen molar-refractivity contribution in [2.75, 3.05) is 7.11 Å². The van der Waals surface area contributed by atoms with Gasteiger partial charge in [0.15, 0.2) is 5.78 Å². The van der Waals surface area contributed by atoms with E-state index < -0.39 is 34.5 Å². The molecular formula is C25H31FO5. The number of methoxy groups -OCH3 is 1. The SMILES string of the molecule is CCC(=O)O[C@]1(C(=O)OC)[C@H](C)C[C@H]2[C@@H]3C[C@H](F)C4=CC(=O)C=C[C@]4(C)C3=CC[C@@]21C. The number of fused-ring (bicyclic) bond motifs is 5. The van der Waals surface area contributed by atoms with E-state index in [1.54, 1.807) is 6.92 Å². The van der Waals surface area contributed by atoms with E-state index in [9.17, 15) is 14.4 Å². The second-order valence-corrected chi connectivity index (χ2v) is 9.93. The summed E-state index contributed by atoms with van der Waals surface area (Å²) in [4.78, 5) is 37.5. The van der Waals surface area contributed by atoms with E-state index in [1.165, 1.54) is 19.3 Å². The molecule has 0 amide bonds. The van der Waals surface area contributed by atoms with Crippen LogP contribution in [0.5, 0.6) is 0 Å². The van der Waals surface area contributed by atoms with Gasteiger partial charge in [-0.05, 0) is 55.7 Å². The summed E-state index contributed by atoms with van der Waals surface area (Å²) in [6.07, 6.45) is 7.22. The molecule has 4 rings (SSSR count). The second kappa shape index (κ2) is 7.14. The van der Waals surface area contributed by atoms with Crippen molar-refractivity contribution in [3.05, 3.63) is 35.5 Å². The largest absolute Gasteiger partial charge is 0.466 e. The molecule has 0 unspecified atom stereocenters. The molecule has 4 aliphatic rings. The van der Waals surface area contributed by atoms with Gasteiger partial charge in [0.1, 0.15) is 6.17 Å². The molecule has 5 nitrogen and oxygen atoms in total. The van der Waals surface area contributed by atoms with Crippen LogP contribution >= 0.6 is 0 Å². The van der Waals surface area contributed by atoms with Crippen LogP contribution in [0.25, 0.3) is 0 Å². The molecule has 31 heavy (non-hydrogen) atoms. The number of ketones is 1. The number of halogens is 1. The van der Waals surface area contributed by atoms with Gasteiger partial charge in [0.25, 0.3) is 0 Å². The predicted molar refractivity (Wildman–Crippen MR) is 113 cm³/mol. The fraction of sp³-hybridized carbons (Fsp3) is 0.640. The molecule has 4 aliphatic carbocycles. The number of hydrogen-bond donors (Lipinski definition) is 0. The molecule has 0 saturated heterocycles. The number of allylic oxidation sites excluding steroid dienone is 6. The first kappa shape index (κ1) is 22.0. The lowest BCUT2D eigenvalue weighted by Gasteiger charge is -2.54. The second-order valence-electron chi connectivity index (χ2n) is 9.93. The Hall–Kier alpha value is -2.24. The van der Waals surface area contributed by atoms with Crippen molar-refractivity contribution in [3.8, 4) is 0 Å². The Morgan fingerprint density at radius 1 is 1.23 bits per heavy atom. The molecule has 2 fully saturated rings. The zero-order chi connectivity index (χ0) is 22.8. The summed E-state index contributed by atoms with van der Waals surface area (Å²) in [5.74, 6) is -1.57. The number of ether oxygens (including phenoxy) is 2. The van der Waals surface area contributed by atoms with Gasteiger partial charge >= 0.3 is 11.9 Å². The number of carbonyl (C=O) groups excluding carboxylic acids is 3. The predicted octanol–water partition coefficient (Wildman–Crippen LogP) is 4.27.